The highest BCUT2D eigenvalue weighted by Crippen LogP contribution is 2.18. The maximum Gasteiger partial charge on any atom is 0.278 e. The third-order valence-electron chi connectivity index (χ3n) is 3.88. The SMILES string of the molecule is C=CCOc1ccc(C(=O)n2nc(C)c(CCCC)c2C)cc1. The zero-order chi connectivity index (χ0) is 16.8. The van der Waals surface area contributed by atoms with Crippen molar-refractivity contribution in [2.75, 3.05) is 6.61 Å². The van der Waals surface area contributed by atoms with Crippen LogP contribution in [-0.2, 0) is 6.42 Å². The topological polar surface area (TPSA) is 44.1 Å². The summed E-state index contributed by atoms with van der Waals surface area (Å²) in [4.78, 5) is 12.7. The molecule has 4 heteroatoms. The van der Waals surface area contributed by atoms with Gasteiger partial charge in [-0.1, -0.05) is 26.0 Å². The summed E-state index contributed by atoms with van der Waals surface area (Å²) in [6.45, 7) is 10.2. The molecule has 2 rings (SSSR count). The summed E-state index contributed by atoms with van der Waals surface area (Å²) < 4.78 is 6.95. The molecule has 1 heterocycles. The monoisotopic (exact) mass is 312 g/mol. The summed E-state index contributed by atoms with van der Waals surface area (Å²) in [6, 6.07) is 7.12. The lowest BCUT2D eigenvalue weighted by Gasteiger charge is -2.06. The van der Waals surface area contributed by atoms with Crippen LogP contribution in [0.25, 0.3) is 0 Å². The van der Waals surface area contributed by atoms with Gasteiger partial charge in [-0.15, -0.1) is 0 Å². The Bertz CT molecular complexity index is 684. The van der Waals surface area contributed by atoms with Crippen LogP contribution in [0.4, 0.5) is 0 Å². The van der Waals surface area contributed by atoms with Gasteiger partial charge in [-0.05, 0) is 56.5 Å². The lowest BCUT2D eigenvalue weighted by atomic mass is 10.1. The van der Waals surface area contributed by atoms with Crippen LogP contribution in [0.3, 0.4) is 0 Å². The maximum atomic E-state index is 12.7. The number of ether oxygens (including phenoxy) is 1. The molecule has 2 aromatic rings. The largest absolute Gasteiger partial charge is 0.490 e. The predicted molar refractivity (Wildman–Crippen MR) is 92.2 cm³/mol. The molecule has 0 aliphatic rings. The molecule has 1 aromatic carbocycles. The lowest BCUT2D eigenvalue weighted by molar-refractivity contribution is 0.0942. The van der Waals surface area contributed by atoms with Crippen LogP contribution in [0.2, 0.25) is 0 Å². The second-order valence-corrected chi connectivity index (χ2v) is 5.59. The molecular weight excluding hydrogens is 288 g/mol. The van der Waals surface area contributed by atoms with Gasteiger partial charge >= 0.3 is 0 Å². The van der Waals surface area contributed by atoms with Crippen LogP contribution in [0, 0.1) is 13.8 Å². The fraction of sp³-hybridized carbons (Fsp3) is 0.368. The number of hydrogen-bond acceptors (Lipinski definition) is 3. The molecule has 0 aliphatic heterocycles. The molecule has 0 amide bonds. The standard InChI is InChI=1S/C19H24N2O2/c1-5-7-8-18-14(3)20-21(15(18)4)19(22)16-9-11-17(12-10-16)23-13-6-2/h6,9-12H,2,5,7-8,13H2,1,3-4H3. The van der Waals surface area contributed by atoms with Gasteiger partial charge in [-0.3, -0.25) is 4.79 Å². The summed E-state index contributed by atoms with van der Waals surface area (Å²) in [6.07, 6.45) is 4.89. The van der Waals surface area contributed by atoms with Gasteiger partial charge in [0.1, 0.15) is 12.4 Å². The molecule has 0 saturated carbocycles. The first-order valence-electron chi connectivity index (χ1n) is 8.02. The number of benzene rings is 1. The van der Waals surface area contributed by atoms with Crippen molar-refractivity contribution >= 4 is 5.91 Å². The van der Waals surface area contributed by atoms with Gasteiger partial charge in [0.25, 0.3) is 5.91 Å². The minimum absolute atomic E-state index is 0.108. The fourth-order valence-corrected chi connectivity index (χ4v) is 2.56. The maximum absolute atomic E-state index is 12.7. The number of carbonyl (C=O) groups is 1. The van der Waals surface area contributed by atoms with E-state index in [9.17, 15) is 4.79 Å². The number of carbonyl (C=O) groups excluding carboxylic acids is 1. The summed E-state index contributed by atoms with van der Waals surface area (Å²) in [5, 5.41) is 4.43. The molecule has 0 N–H and O–H groups in total. The number of aromatic nitrogens is 2. The van der Waals surface area contributed by atoms with E-state index in [1.165, 1.54) is 10.2 Å². The molecule has 1 aromatic heterocycles. The van der Waals surface area contributed by atoms with Gasteiger partial charge in [0.2, 0.25) is 0 Å². The molecule has 0 bridgehead atoms. The second-order valence-electron chi connectivity index (χ2n) is 5.59. The zero-order valence-electron chi connectivity index (χ0n) is 14.1. The Hall–Kier alpha value is -2.36. The molecule has 0 aliphatic carbocycles. The molecule has 0 radical (unpaired) electrons. The van der Waals surface area contributed by atoms with Crippen molar-refractivity contribution in [2.24, 2.45) is 0 Å². The number of rotatable bonds is 7. The minimum Gasteiger partial charge on any atom is -0.490 e. The average Bonchev–Trinajstić information content (AvgIpc) is 2.85. The van der Waals surface area contributed by atoms with Crippen LogP contribution in [0.15, 0.2) is 36.9 Å². The Morgan fingerprint density at radius 2 is 2.00 bits per heavy atom. The Morgan fingerprint density at radius 3 is 2.61 bits per heavy atom. The van der Waals surface area contributed by atoms with Crippen molar-refractivity contribution in [3.8, 4) is 5.75 Å². The Balaban J connectivity index is 2.21. The van der Waals surface area contributed by atoms with Crippen LogP contribution in [0.1, 0.15) is 47.1 Å². The van der Waals surface area contributed by atoms with Crippen molar-refractivity contribution in [3.05, 3.63) is 59.4 Å². The van der Waals surface area contributed by atoms with Crippen molar-refractivity contribution in [1.29, 1.82) is 0 Å². The Labute approximate surface area is 137 Å². The van der Waals surface area contributed by atoms with Gasteiger partial charge in [0.05, 0.1) is 5.69 Å². The molecule has 4 nitrogen and oxygen atoms in total. The smallest absolute Gasteiger partial charge is 0.278 e. The third kappa shape index (κ3) is 3.89. The highest BCUT2D eigenvalue weighted by Gasteiger charge is 2.17. The first-order chi connectivity index (χ1) is 11.1. The van der Waals surface area contributed by atoms with Crippen LogP contribution in [0.5, 0.6) is 5.75 Å². The number of aryl methyl sites for hydroxylation is 1. The first-order valence-corrected chi connectivity index (χ1v) is 8.02. The number of hydrogen-bond donors (Lipinski definition) is 0. The highest BCUT2D eigenvalue weighted by atomic mass is 16.5. The summed E-state index contributed by atoms with van der Waals surface area (Å²) in [5.41, 5.74) is 3.66. The highest BCUT2D eigenvalue weighted by molar-refractivity contribution is 5.96. The normalized spacial score (nSPS) is 10.6. The first kappa shape index (κ1) is 17.0. The number of unbranched alkanes of at least 4 members (excludes halogenated alkanes) is 1. The Morgan fingerprint density at radius 1 is 1.30 bits per heavy atom. The van der Waals surface area contributed by atoms with E-state index in [-0.39, 0.29) is 5.91 Å². The predicted octanol–water partition coefficient (Wildman–Crippen LogP) is 4.10. The molecule has 0 saturated heterocycles. The van der Waals surface area contributed by atoms with E-state index in [2.05, 4.69) is 18.6 Å². The average molecular weight is 312 g/mol. The quantitative estimate of drug-likeness (QED) is 0.723. The van der Waals surface area contributed by atoms with E-state index in [1.807, 2.05) is 13.8 Å². The molecular formula is C19H24N2O2. The molecule has 0 fully saturated rings. The van der Waals surface area contributed by atoms with Gasteiger partial charge < -0.3 is 4.74 Å². The summed E-state index contributed by atoms with van der Waals surface area (Å²) >= 11 is 0. The van der Waals surface area contributed by atoms with E-state index in [0.717, 1.165) is 36.4 Å². The summed E-state index contributed by atoms with van der Waals surface area (Å²) in [5.74, 6) is 0.613. The van der Waals surface area contributed by atoms with Gasteiger partial charge in [0.15, 0.2) is 0 Å². The van der Waals surface area contributed by atoms with E-state index in [1.54, 1.807) is 30.3 Å². The van der Waals surface area contributed by atoms with E-state index in [4.69, 9.17) is 4.74 Å². The fourth-order valence-electron chi connectivity index (χ4n) is 2.56. The molecule has 122 valence electrons. The molecule has 0 unspecified atom stereocenters. The summed E-state index contributed by atoms with van der Waals surface area (Å²) in [7, 11) is 0. The van der Waals surface area contributed by atoms with Crippen LogP contribution in [-0.4, -0.2) is 22.3 Å². The van der Waals surface area contributed by atoms with Crippen molar-refractivity contribution in [3.63, 3.8) is 0 Å². The molecule has 0 atom stereocenters. The lowest BCUT2D eigenvalue weighted by Crippen LogP contribution is -2.15. The molecule has 0 spiro atoms. The van der Waals surface area contributed by atoms with Gasteiger partial charge in [-0.25, -0.2) is 4.68 Å². The minimum atomic E-state index is -0.108. The van der Waals surface area contributed by atoms with Crippen molar-refractivity contribution < 1.29 is 9.53 Å². The van der Waals surface area contributed by atoms with E-state index in [0.29, 0.717) is 12.2 Å². The van der Waals surface area contributed by atoms with Crippen LogP contribution < -0.4 is 4.74 Å². The molecule has 23 heavy (non-hydrogen) atoms. The van der Waals surface area contributed by atoms with Crippen LogP contribution >= 0.6 is 0 Å². The van der Waals surface area contributed by atoms with Crippen molar-refractivity contribution in [1.82, 2.24) is 9.78 Å². The van der Waals surface area contributed by atoms with E-state index >= 15 is 0 Å². The Kier molecular flexibility index (Phi) is 5.74. The number of nitrogens with zero attached hydrogens (tertiary/aromatic N) is 2. The third-order valence-corrected chi connectivity index (χ3v) is 3.88. The van der Waals surface area contributed by atoms with Crippen molar-refractivity contribution in [2.45, 2.75) is 40.0 Å². The van der Waals surface area contributed by atoms with Gasteiger partial charge in [-0.2, -0.15) is 5.10 Å². The second kappa shape index (κ2) is 7.77. The zero-order valence-corrected chi connectivity index (χ0v) is 14.1. The van der Waals surface area contributed by atoms with Gasteiger partial charge in [0, 0.05) is 11.3 Å². The van der Waals surface area contributed by atoms with E-state index < -0.39 is 0 Å².